The third-order valence-electron chi connectivity index (χ3n) is 4.49. The second-order valence-electron chi connectivity index (χ2n) is 7.40. The highest BCUT2D eigenvalue weighted by atomic mass is 16.5. The molecule has 1 aromatic heterocycles. The van der Waals surface area contributed by atoms with E-state index in [1.807, 2.05) is 64.8 Å². The zero-order chi connectivity index (χ0) is 25.9. The fourth-order valence-corrected chi connectivity index (χ4v) is 2.74. The van der Waals surface area contributed by atoms with Crippen molar-refractivity contribution >= 4 is 6.79 Å². The number of aromatic nitrogens is 2. The highest BCUT2D eigenvalue weighted by Crippen LogP contribution is 2.29. The van der Waals surface area contributed by atoms with Crippen LogP contribution in [0.2, 0.25) is 0 Å². The lowest BCUT2D eigenvalue weighted by Crippen LogP contribution is -2.08. The maximum absolute atomic E-state index is 8.00. The number of methoxy groups -OCH3 is 1. The summed E-state index contributed by atoms with van der Waals surface area (Å²) in [4.78, 5) is 12.6. The Bertz CT molecular complexity index is 920. The van der Waals surface area contributed by atoms with Crippen LogP contribution in [-0.2, 0) is 22.6 Å². The molecule has 0 N–H and O–H groups in total. The number of hydrogen-bond acceptors (Lipinski definition) is 6. The van der Waals surface area contributed by atoms with Crippen molar-refractivity contribution < 1.29 is 18.8 Å². The molecule has 0 bridgehead atoms. The van der Waals surface area contributed by atoms with Crippen LogP contribution in [0.5, 0.6) is 5.75 Å². The molecule has 0 unspecified atom stereocenters. The lowest BCUT2D eigenvalue weighted by Gasteiger charge is -2.14. The van der Waals surface area contributed by atoms with Gasteiger partial charge >= 0.3 is 0 Å². The maximum atomic E-state index is 8.00. The van der Waals surface area contributed by atoms with E-state index in [-0.39, 0.29) is 6.10 Å². The molecule has 0 radical (unpaired) electrons. The van der Waals surface area contributed by atoms with Gasteiger partial charge in [0.05, 0.1) is 12.7 Å². The van der Waals surface area contributed by atoms with Gasteiger partial charge in [0.15, 0.2) is 0 Å². The number of rotatable bonds is 8. The van der Waals surface area contributed by atoms with Crippen LogP contribution in [0, 0.1) is 0 Å². The Labute approximate surface area is 205 Å². The van der Waals surface area contributed by atoms with Crippen LogP contribution in [0.4, 0.5) is 0 Å². The average Bonchev–Trinajstić information content (AvgIpc) is 3.38. The van der Waals surface area contributed by atoms with Crippen molar-refractivity contribution in [1.29, 1.82) is 0 Å². The second kappa shape index (κ2) is 18.4. The summed E-state index contributed by atoms with van der Waals surface area (Å²) < 4.78 is 16.6. The summed E-state index contributed by atoms with van der Waals surface area (Å²) in [7, 11) is 1.66. The van der Waals surface area contributed by atoms with E-state index in [2.05, 4.69) is 43.0 Å². The van der Waals surface area contributed by atoms with Crippen molar-refractivity contribution in [3.05, 3.63) is 53.6 Å². The molecule has 0 fully saturated rings. The second-order valence-corrected chi connectivity index (χ2v) is 7.40. The van der Waals surface area contributed by atoms with E-state index in [9.17, 15) is 0 Å². The van der Waals surface area contributed by atoms with Gasteiger partial charge in [-0.2, -0.15) is 4.98 Å². The number of hydrogen-bond donors (Lipinski definition) is 0. The minimum Gasteiger partial charge on any atom is -0.491 e. The van der Waals surface area contributed by atoms with Gasteiger partial charge in [0.25, 0.3) is 5.89 Å². The molecule has 3 rings (SSSR count). The number of benzene rings is 2. The molecule has 0 aliphatic heterocycles. The number of carbonyl (C=O) groups excluding carboxylic acids is 1. The molecule has 0 atom stereocenters. The Balaban J connectivity index is 0.00000121. The lowest BCUT2D eigenvalue weighted by atomic mass is 10.1. The molecular weight excluding hydrogens is 428 g/mol. The molecule has 2 aromatic carbocycles. The lowest BCUT2D eigenvalue weighted by molar-refractivity contribution is -0.0980. The molecule has 6 nitrogen and oxygen atoms in total. The predicted octanol–water partition coefficient (Wildman–Crippen LogP) is 7.55. The highest BCUT2D eigenvalue weighted by Gasteiger charge is 2.14. The zero-order valence-electron chi connectivity index (χ0n) is 22.2. The fraction of sp³-hybridized carbons (Fsp3) is 0.464. The summed E-state index contributed by atoms with van der Waals surface area (Å²) in [5.41, 5.74) is 3.99. The summed E-state index contributed by atoms with van der Waals surface area (Å²) in [6, 6.07) is 14.0. The third kappa shape index (κ3) is 10.3. The molecule has 1 heterocycles. The SMILES string of the molecule is C=O.CC.CCCC.CCc1cccc(-c2noc(-c3ccc(OC(C)C)c(COC)c3)n2)c1. The summed E-state index contributed by atoms with van der Waals surface area (Å²) in [5, 5.41) is 4.14. The van der Waals surface area contributed by atoms with Gasteiger partial charge in [0.2, 0.25) is 5.82 Å². The molecule has 0 saturated heterocycles. The number of nitrogens with zero attached hydrogens (tertiary/aromatic N) is 2. The van der Waals surface area contributed by atoms with Crippen LogP contribution < -0.4 is 4.74 Å². The summed E-state index contributed by atoms with van der Waals surface area (Å²) in [5.74, 6) is 1.88. The average molecular weight is 471 g/mol. The first-order chi connectivity index (χ1) is 16.5. The summed E-state index contributed by atoms with van der Waals surface area (Å²) in [6.07, 6.45) is 3.70. The first-order valence-electron chi connectivity index (χ1n) is 12.0. The predicted molar refractivity (Wildman–Crippen MR) is 140 cm³/mol. The van der Waals surface area contributed by atoms with Gasteiger partial charge in [-0.3, -0.25) is 0 Å². The van der Waals surface area contributed by atoms with Crippen LogP contribution in [-0.4, -0.2) is 30.1 Å². The van der Waals surface area contributed by atoms with E-state index >= 15 is 0 Å². The Kier molecular flexibility index (Phi) is 16.8. The minimum atomic E-state index is 0.0947. The molecule has 0 saturated carbocycles. The van der Waals surface area contributed by atoms with E-state index in [0.29, 0.717) is 18.3 Å². The Hall–Kier alpha value is -2.99. The van der Waals surface area contributed by atoms with E-state index in [4.69, 9.17) is 18.8 Å². The van der Waals surface area contributed by atoms with Crippen LogP contribution in [0.15, 0.2) is 47.0 Å². The monoisotopic (exact) mass is 470 g/mol. The largest absolute Gasteiger partial charge is 0.491 e. The smallest absolute Gasteiger partial charge is 0.258 e. The summed E-state index contributed by atoms with van der Waals surface area (Å²) in [6.45, 7) is 16.9. The fourth-order valence-electron chi connectivity index (χ4n) is 2.74. The van der Waals surface area contributed by atoms with Crippen molar-refractivity contribution in [2.24, 2.45) is 0 Å². The number of unbranched alkanes of at least 4 members (excludes halogenated alkanes) is 1. The molecule has 0 amide bonds. The quantitative estimate of drug-likeness (QED) is 0.338. The number of carbonyl (C=O) groups is 1. The topological polar surface area (TPSA) is 74.5 Å². The van der Waals surface area contributed by atoms with Crippen molar-refractivity contribution in [2.45, 2.75) is 80.4 Å². The molecule has 3 aromatic rings. The van der Waals surface area contributed by atoms with Crippen LogP contribution in [0.1, 0.15) is 72.4 Å². The van der Waals surface area contributed by atoms with Gasteiger partial charge in [-0.1, -0.05) is 70.8 Å². The van der Waals surface area contributed by atoms with Gasteiger partial charge in [-0.05, 0) is 50.1 Å². The van der Waals surface area contributed by atoms with Gasteiger partial charge in [0.1, 0.15) is 12.5 Å². The van der Waals surface area contributed by atoms with E-state index in [1.54, 1.807) is 7.11 Å². The molecule has 0 spiro atoms. The van der Waals surface area contributed by atoms with Gasteiger partial charge in [0, 0.05) is 23.8 Å². The van der Waals surface area contributed by atoms with Gasteiger partial charge < -0.3 is 18.8 Å². The van der Waals surface area contributed by atoms with E-state index in [0.717, 1.165) is 28.9 Å². The van der Waals surface area contributed by atoms with Gasteiger partial charge in [-0.25, -0.2) is 0 Å². The molecule has 188 valence electrons. The highest BCUT2D eigenvalue weighted by molar-refractivity contribution is 5.62. The van der Waals surface area contributed by atoms with E-state index in [1.165, 1.54) is 18.4 Å². The van der Waals surface area contributed by atoms with E-state index < -0.39 is 0 Å². The van der Waals surface area contributed by atoms with Crippen LogP contribution in [0.25, 0.3) is 22.8 Å². The van der Waals surface area contributed by atoms with Crippen molar-refractivity contribution in [3.8, 4) is 28.6 Å². The number of aryl methyl sites for hydroxylation is 1. The van der Waals surface area contributed by atoms with Crippen molar-refractivity contribution in [3.63, 3.8) is 0 Å². The van der Waals surface area contributed by atoms with Crippen molar-refractivity contribution in [1.82, 2.24) is 10.1 Å². The zero-order valence-corrected chi connectivity index (χ0v) is 22.2. The summed E-state index contributed by atoms with van der Waals surface area (Å²) >= 11 is 0. The first kappa shape index (κ1) is 31.0. The maximum Gasteiger partial charge on any atom is 0.258 e. The standard InChI is InChI=1S/C21H24N2O3.C4H10.C2H6.CH2O/c1-5-15-7-6-8-16(11-15)20-22-21(26-23-20)17-9-10-19(25-14(2)3)18(12-17)13-24-4;1-3-4-2;2*1-2/h6-12,14H,5,13H2,1-4H3;3-4H2,1-2H3;1-2H3;1H2. The Morgan fingerprint density at radius 3 is 2.21 bits per heavy atom. The molecule has 6 heteroatoms. The normalized spacial score (nSPS) is 9.68. The Morgan fingerprint density at radius 2 is 1.65 bits per heavy atom. The van der Waals surface area contributed by atoms with Crippen molar-refractivity contribution in [2.75, 3.05) is 7.11 Å². The third-order valence-corrected chi connectivity index (χ3v) is 4.49. The van der Waals surface area contributed by atoms with Gasteiger partial charge in [-0.15, -0.1) is 0 Å². The minimum absolute atomic E-state index is 0.0947. The van der Waals surface area contributed by atoms with Crippen LogP contribution in [0.3, 0.4) is 0 Å². The molecule has 0 aliphatic rings. The van der Waals surface area contributed by atoms with Crippen LogP contribution >= 0.6 is 0 Å². The Morgan fingerprint density at radius 1 is 0.971 bits per heavy atom. The number of ether oxygens (including phenoxy) is 2. The molecular formula is C28H42N2O4. The molecule has 0 aliphatic carbocycles. The first-order valence-corrected chi connectivity index (χ1v) is 12.0. The molecule has 34 heavy (non-hydrogen) atoms.